The third kappa shape index (κ3) is 11.9. The lowest BCUT2D eigenvalue weighted by Crippen LogP contribution is -2.28. The second kappa shape index (κ2) is 32.4. The van der Waals surface area contributed by atoms with Crippen molar-refractivity contribution in [1.82, 2.24) is 0 Å². The lowest BCUT2D eigenvalue weighted by Gasteiger charge is -2.35. The van der Waals surface area contributed by atoms with Gasteiger partial charge in [0.15, 0.2) is 0 Å². The summed E-state index contributed by atoms with van der Waals surface area (Å²) in [5.41, 5.74) is 50.3. The van der Waals surface area contributed by atoms with Crippen molar-refractivity contribution in [3.05, 3.63) is 613 Å². The molecule has 664 valence electrons. The van der Waals surface area contributed by atoms with Crippen LogP contribution in [0, 0.1) is 0 Å². The topological polar surface area (TPSA) is 6.48 Å². The highest BCUT2D eigenvalue weighted by molar-refractivity contribution is 6.26. The van der Waals surface area contributed by atoms with Crippen LogP contribution in [0.1, 0.15) is 66.8 Å². The number of rotatable bonds is 10. The number of anilines is 6. The molecular weight excluding hydrogens is 1720 g/mol. The zero-order chi connectivity index (χ0) is 94.0. The van der Waals surface area contributed by atoms with Crippen molar-refractivity contribution in [3.63, 3.8) is 0 Å². The van der Waals surface area contributed by atoms with Crippen molar-refractivity contribution in [2.24, 2.45) is 0 Å². The van der Waals surface area contributed by atoms with E-state index in [0.717, 1.165) is 34.1 Å². The summed E-state index contributed by atoms with van der Waals surface area (Å²) < 4.78 is 0. The van der Waals surface area contributed by atoms with Crippen LogP contribution in [0.5, 0.6) is 0 Å². The van der Waals surface area contributed by atoms with E-state index in [4.69, 9.17) is 0 Å². The Morgan fingerprint density at radius 2 is 0.329 bits per heavy atom. The Balaban J connectivity index is 0.000000137. The average molecular weight is 1810 g/mol. The normalized spacial score (nSPS) is 13.3. The SMILES string of the molecule is c1ccc(C2(c3ccccc3)c3ccccc3-c3c(N(c4ccc5c(c4)-c4ccccc4-c4ccccc4-c4ccccc4-5)c4ccc5c(c4)C4(c6ccccc6-c6ccccc64)c4ccccc4-5)cccc32)cc1.c1ccc(C2(c3ccccc3)c3ccccc3-c3ccc(N(c4ccc5c(c4)-c4ccccc4-c4ccccc4-c4ccccc4-5)c4ccc5c6ccccc6c6ccccc6c5c4)cc32)cc1. The molecule has 1 spiro atoms. The minimum atomic E-state index is -0.570. The van der Waals surface area contributed by atoms with Crippen molar-refractivity contribution in [1.29, 1.82) is 0 Å². The van der Waals surface area contributed by atoms with Crippen LogP contribution >= 0.6 is 0 Å². The summed E-state index contributed by atoms with van der Waals surface area (Å²) in [6.07, 6.45) is 0. The maximum absolute atomic E-state index is 2.59. The quantitative estimate of drug-likeness (QED) is 0.126. The van der Waals surface area contributed by atoms with Crippen LogP contribution in [-0.4, -0.2) is 0 Å². The Bertz CT molecular complexity index is 9180. The molecule has 0 saturated carbocycles. The number of fused-ring (bicyclic) bond motifs is 38. The Kier molecular flexibility index (Phi) is 18.5. The van der Waals surface area contributed by atoms with E-state index in [1.165, 1.54) is 233 Å². The average Bonchev–Trinajstić information content (AvgIpc) is 1.50. The standard InChI is InChI=1S/C74H47N.C67H43N/c1-3-22-48(23-4-1)73(49-24-5-2-6-25-49)68-39-20-16-35-63(68)72-69(73)40-21-41-71(72)75(50-42-44-58-56-30-10-9-28-54(56)52-26-7-8-27-53(52)55-29-11-12-31-57(55)64(58)46-50)51-43-45-62-61-34-15-19-38-67(61)74(70(62)47-51)65-36-17-13-32-59(65)60-33-14-18-37-66(60)74;1-3-19-44(20-4-1)67(45-21-5-2-6-22-45)65-34-18-17-33-61(65)62-40-37-48(43-66(62)67)68(47-36-39-60-56-30-12-10-26-52(56)54-28-14-16-32-58(54)64(60)42-47)46-35-38-59-55-29-11-9-25-51(55)49-23-7-8-24-50(49)53-27-13-15-31-57(53)63(59)41-46/h1-47H;1-43H. The van der Waals surface area contributed by atoms with Gasteiger partial charge in [-0.05, 0) is 294 Å². The maximum atomic E-state index is 2.59. The van der Waals surface area contributed by atoms with Crippen molar-refractivity contribution in [2.75, 3.05) is 9.80 Å². The van der Waals surface area contributed by atoms with Crippen molar-refractivity contribution >= 4 is 66.4 Å². The van der Waals surface area contributed by atoms with Crippen LogP contribution in [0.25, 0.3) is 166 Å². The van der Waals surface area contributed by atoms with Gasteiger partial charge in [-0.25, -0.2) is 0 Å². The fraction of sp³-hybridized carbons (Fsp3) is 0.0213. The van der Waals surface area contributed by atoms with Crippen molar-refractivity contribution in [2.45, 2.75) is 16.2 Å². The number of hydrogen-bond donors (Lipinski definition) is 0. The minimum absolute atomic E-state index is 0.510. The zero-order valence-electron chi connectivity index (χ0n) is 78.4. The molecule has 30 rings (SSSR count). The van der Waals surface area contributed by atoms with Gasteiger partial charge < -0.3 is 9.80 Å². The molecular formula is C141H90N2. The predicted octanol–water partition coefficient (Wildman–Crippen LogP) is 36.8. The minimum Gasteiger partial charge on any atom is -0.310 e. The summed E-state index contributed by atoms with van der Waals surface area (Å²) in [4.78, 5) is 5.10. The predicted molar refractivity (Wildman–Crippen MR) is 596 cm³/mol. The molecule has 143 heavy (non-hydrogen) atoms. The number of hydrogen-bond acceptors (Lipinski definition) is 2. The Morgan fingerprint density at radius 3 is 0.692 bits per heavy atom. The first kappa shape index (κ1) is 81.8. The smallest absolute Gasteiger partial charge is 0.0726 e. The monoisotopic (exact) mass is 1810 g/mol. The molecule has 0 N–H and O–H groups in total. The molecule has 0 atom stereocenters. The lowest BCUT2D eigenvalue weighted by molar-refractivity contribution is 0.768. The molecule has 0 heterocycles. The molecule has 0 aliphatic heterocycles. The number of nitrogens with zero attached hydrogens (tertiary/aromatic N) is 2. The highest BCUT2D eigenvalue weighted by atomic mass is 15.2. The van der Waals surface area contributed by atoms with E-state index in [1.807, 2.05) is 0 Å². The second-order valence-corrected chi connectivity index (χ2v) is 38.8. The summed E-state index contributed by atoms with van der Waals surface area (Å²) >= 11 is 0. The summed E-state index contributed by atoms with van der Waals surface area (Å²) in [5, 5.41) is 7.55. The molecule has 6 aliphatic carbocycles. The van der Waals surface area contributed by atoms with Gasteiger partial charge in [0, 0.05) is 34.0 Å². The molecule has 6 aliphatic rings. The van der Waals surface area contributed by atoms with Gasteiger partial charge in [0.1, 0.15) is 0 Å². The van der Waals surface area contributed by atoms with Crippen molar-refractivity contribution < 1.29 is 0 Å². The molecule has 2 nitrogen and oxygen atoms in total. The van der Waals surface area contributed by atoms with Gasteiger partial charge in [-0.3, -0.25) is 0 Å². The first-order valence-electron chi connectivity index (χ1n) is 49.9. The third-order valence-corrected chi connectivity index (χ3v) is 32.0. The first-order valence-corrected chi connectivity index (χ1v) is 49.9. The van der Waals surface area contributed by atoms with Crippen LogP contribution in [-0.2, 0) is 16.2 Å². The fourth-order valence-electron chi connectivity index (χ4n) is 26.3. The molecule has 0 unspecified atom stereocenters. The van der Waals surface area contributed by atoms with Gasteiger partial charge >= 0.3 is 0 Å². The molecule has 0 saturated heterocycles. The Labute approximate surface area is 832 Å². The zero-order valence-corrected chi connectivity index (χ0v) is 78.4. The molecule has 0 fully saturated rings. The molecule has 0 amide bonds. The van der Waals surface area contributed by atoms with Gasteiger partial charge in [0.05, 0.1) is 21.9 Å². The van der Waals surface area contributed by atoms with Gasteiger partial charge in [-0.15, -0.1) is 0 Å². The highest BCUT2D eigenvalue weighted by Crippen LogP contribution is 2.67. The molecule has 2 heteroatoms. The van der Waals surface area contributed by atoms with Gasteiger partial charge in [0.2, 0.25) is 0 Å². The van der Waals surface area contributed by atoms with E-state index in [-0.39, 0.29) is 0 Å². The van der Waals surface area contributed by atoms with E-state index < -0.39 is 16.2 Å². The highest BCUT2D eigenvalue weighted by Gasteiger charge is 2.54. The first-order chi connectivity index (χ1) is 71.0. The molecule has 0 radical (unpaired) electrons. The van der Waals surface area contributed by atoms with Crippen LogP contribution in [0.15, 0.2) is 546 Å². The van der Waals surface area contributed by atoms with Crippen LogP contribution in [0.2, 0.25) is 0 Å². The van der Waals surface area contributed by atoms with E-state index in [1.54, 1.807) is 0 Å². The van der Waals surface area contributed by atoms with Crippen LogP contribution < -0.4 is 9.80 Å². The fourth-order valence-corrected chi connectivity index (χ4v) is 26.3. The summed E-state index contributed by atoms with van der Waals surface area (Å²) in [6, 6.07) is 205. The van der Waals surface area contributed by atoms with Crippen molar-refractivity contribution in [3.8, 4) is 134 Å². The second-order valence-electron chi connectivity index (χ2n) is 38.8. The van der Waals surface area contributed by atoms with Crippen LogP contribution in [0.4, 0.5) is 34.1 Å². The Morgan fingerprint density at radius 1 is 0.112 bits per heavy atom. The van der Waals surface area contributed by atoms with Crippen LogP contribution in [0.3, 0.4) is 0 Å². The summed E-state index contributed by atoms with van der Waals surface area (Å²) in [5.74, 6) is 0. The Hall–Kier alpha value is -18.3. The van der Waals surface area contributed by atoms with Gasteiger partial charge in [-0.1, -0.05) is 479 Å². The van der Waals surface area contributed by atoms with E-state index in [9.17, 15) is 0 Å². The van der Waals surface area contributed by atoms with E-state index >= 15 is 0 Å². The summed E-state index contributed by atoms with van der Waals surface area (Å²) in [6.45, 7) is 0. The third-order valence-electron chi connectivity index (χ3n) is 32.0. The van der Waals surface area contributed by atoms with E-state index in [0.29, 0.717) is 0 Å². The lowest BCUT2D eigenvalue weighted by atomic mass is 9.67. The summed E-state index contributed by atoms with van der Waals surface area (Å²) in [7, 11) is 0. The molecule has 0 bridgehead atoms. The van der Waals surface area contributed by atoms with Gasteiger partial charge in [0.25, 0.3) is 0 Å². The largest absolute Gasteiger partial charge is 0.310 e. The maximum Gasteiger partial charge on any atom is 0.0726 e. The van der Waals surface area contributed by atoms with Gasteiger partial charge in [-0.2, -0.15) is 0 Å². The number of benzene rings is 24. The molecule has 24 aromatic rings. The van der Waals surface area contributed by atoms with E-state index in [2.05, 4.69) is 556 Å². The molecule has 24 aromatic carbocycles. The molecule has 0 aromatic heterocycles.